The molecule has 4 N–H and O–H groups in total. The molecule has 0 aromatic carbocycles. The van der Waals surface area contributed by atoms with Crippen LogP contribution >= 0.6 is 0 Å². The van der Waals surface area contributed by atoms with Crippen LogP contribution in [0.25, 0.3) is 0 Å². The van der Waals surface area contributed by atoms with E-state index in [0.29, 0.717) is 25.2 Å². The SMILES string of the molecule is CCNC(=NCCCCOC1CCCCCC1)NC1CCN(C(N)=O)CC1. The highest BCUT2D eigenvalue weighted by atomic mass is 16.5. The Morgan fingerprint density at radius 3 is 2.44 bits per heavy atom. The molecule has 1 saturated heterocycles. The van der Waals surface area contributed by atoms with Crippen molar-refractivity contribution in [3.63, 3.8) is 0 Å². The molecule has 1 aliphatic heterocycles. The molecular formula is C20H39N5O2. The molecular weight excluding hydrogens is 342 g/mol. The van der Waals surface area contributed by atoms with Gasteiger partial charge in [0.25, 0.3) is 0 Å². The third-order valence-corrected chi connectivity index (χ3v) is 5.47. The number of nitrogens with two attached hydrogens (primary N) is 1. The lowest BCUT2D eigenvalue weighted by Gasteiger charge is -2.32. The number of unbranched alkanes of at least 4 members (excludes halogenated alkanes) is 1. The molecule has 27 heavy (non-hydrogen) atoms. The Hall–Kier alpha value is -1.50. The monoisotopic (exact) mass is 381 g/mol. The summed E-state index contributed by atoms with van der Waals surface area (Å²) in [4.78, 5) is 17.6. The molecule has 7 heteroatoms. The van der Waals surface area contributed by atoms with Crippen LogP contribution in [0.15, 0.2) is 4.99 Å². The number of hydrogen-bond acceptors (Lipinski definition) is 3. The number of rotatable bonds is 8. The molecule has 1 aliphatic carbocycles. The van der Waals surface area contributed by atoms with Crippen LogP contribution in [-0.2, 0) is 4.74 Å². The number of urea groups is 1. The smallest absolute Gasteiger partial charge is 0.314 e. The Kier molecular flexibility index (Phi) is 10.3. The van der Waals surface area contributed by atoms with Gasteiger partial charge >= 0.3 is 6.03 Å². The minimum absolute atomic E-state index is 0.319. The van der Waals surface area contributed by atoms with Crippen LogP contribution in [0.4, 0.5) is 4.79 Å². The summed E-state index contributed by atoms with van der Waals surface area (Å²) in [5, 5.41) is 6.81. The lowest BCUT2D eigenvalue weighted by atomic mass is 10.1. The first-order valence-electron chi connectivity index (χ1n) is 10.9. The highest BCUT2D eigenvalue weighted by Crippen LogP contribution is 2.19. The predicted molar refractivity (Wildman–Crippen MR) is 110 cm³/mol. The number of hydrogen-bond donors (Lipinski definition) is 3. The van der Waals surface area contributed by atoms with Crippen molar-refractivity contribution in [1.29, 1.82) is 0 Å². The van der Waals surface area contributed by atoms with Gasteiger partial charge in [0.1, 0.15) is 0 Å². The van der Waals surface area contributed by atoms with E-state index in [1.54, 1.807) is 4.90 Å². The molecule has 1 heterocycles. The summed E-state index contributed by atoms with van der Waals surface area (Å²) in [6.07, 6.45) is 12.3. The van der Waals surface area contributed by atoms with Gasteiger partial charge < -0.3 is 26.0 Å². The summed E-state index contributed by atoms with van der Waals surface area (Å²) in [6, 6.07) is 0.0251. The zero-order valence-electron chi connectivity index (χ0n) is 17.0. The van der Waals surface area contributed by atoms with Gasteiger partial charge in [0, 0.05) is 38.8 Å². The molecule has 1 saturated carbocycles. The Bertz CT molecular complexity index is 442. The van der Waals surface area contributed by atoms with Gasteiger partial charge in [0.15, 0.2) is 5.96 Å². The normalized spacial score (nSPS) is 20.3. The van der Waals surface area contributed by atoms with Crippen molar-refractivity contribution in [3.05, 3.63) is 0 Å². The van der Waals surface area contributed by atoms with Crippen LogP contribution in [-0.4, -0.2) is 61.8 Å². The summed E-state index contributed by atoms with van der Waals surface area (Å²) in [6.45, 7) is 6.01. The van der Waals surface area contributed by atoms with Gasteiger partial charge in [0.2, 0.25) is 0 Å². The molecule has 0 aromatic rings. The van der Waals surface area contributed by atoms with Crippen molar-refractivity contribution in [2.75, 3.05) is 32.8 Å². The van der Waals surface area contributed by atoms with Crippen molar-refractivity contribution >= 4 is 12.0 Å². The van der Waals surface area contributed by atoms with Crippen LogP contribution in [0, 0.1) is 0 Å². The van der Waals surface area contributed by atoms with Crippen molar-refractivity contribution in [1.82, 2.24) is 15.5 Å². The Morgan fingerprint density at radius 1 is 1.11 bits per heavy atom. The summed E-state index contributed by atoms with van der Waals surface area (Å²) >= 11 is 0. The summed E-state index contributed by atoms with van der Waals surface area (Å²) in [5.74, 6) is 0.875. The third kappa shape index (κ3) is 8.82. The molecule has 0 aromatic heterocycles. The first-order chi connectivity index (χ1) is 13.2. The van der Waals surface area contributed by atoms with E-state index >= 15 is 0 Å². The lowest BCUT2D eigenvalue weighted by molar-refractivity contribution is 0.0413. The first kappa shape index (κ1) is 21.8. The van der Waals surface area contributed by atoms with E-state index in [2.05, 4.69) is 17.6 Å². The predicted octanol–water partition coefficient (Wildman–Crippen LogP) is 2.60. The second-order valence-electron chi connectivity index (χ2n) is 7.70. The maximum absolute atomic E-state index is 11.2. The molecule has 2 aliphatic rings. The van der Waals surface area contributed by atoms with Gasteiger partial charge in [-0.05, 0) is 45.4 Å². The summed E-state index contributed by atoms with van der Waals surface area (Å²) < 4.78 is 6.05. The number of carbonyl (C=O) groups excluding carboxylic acids is 1. The zero-order valence-corrected chi connectivity index (χ0v) is 17.0. The minimum Gasteiger partial charge on any atom is -0.378 e. The quantitative estimate of drug-likeness (QED) is 0.261. The van der Waals surface area contributed by atoms with E-state index in [1.807, 2.05) is 0 Å². The van der Waals surface area contributed by atoms with Crippen molar-refractivity contribution < 1.29 is 9.53 Å². The van der Waals surface area contributed by atoms with Crippen molar-refractivity contribution in [2.45, 2.75) is 83.3 Å². The molecule has 0 atom stereocenters. The number of amides is 2. The fraction of sp³-hybridized carbons (Fsp3) is 0.900. The average Bonchev–Trinajstić information content (AvgIpc) is 2.94. The minimum atomic E-state index is -0.319. The average molecular weight is 382 g/mol. The summed E-state index contributed by atoms with van der Waals surface area (Å²) in [5.41, 5.74) is 5.34. The van der Waals surface area contributed by atoms with Gasteiger partial charge in [-0.3, -0.25) is 4.99 Å². The number of nitrogens with zero attached hydrogens (tertiary/aromatic N) is 2. The zero-order chi connectivity index (χ0) is 19.3. The molecule has 0 radical (unpaired) electrons. The Labute approximate surface area is 164 Å². The van der Waals surface area contributed by atoms with Crippen LogP contribution in [0.3, 0.4) is 0 Å². The van der Waals surface area contributed by atoms with Gasteiger partial charge in [0.05, 0.1) is 6.10 Å². The van der Waals surface area contributed by atoms with Crippen LogP contribution in [0.2, 0.25) is 0 Å². The largest absolute Gasteiger partial charge is 0.378 e. The third-order valence-electron chi connectivity index (χ3n) is 5.47. The van der Waals surface area contributed by atoms with Crippen molar-refractivity contribution in [3.8, 4) is 0 Å². The molecule has 2 rings (SSSR count). The number of aliphatic imine (C=N–C) groups is 1. The highest BCUT2D eigenvalue weighted by Gasteiger charge is 2.21. The second-order valence-corrected chi connectivity index (χ2v) is 7.70. The fourth-order valence-corrected chi connectivity index (χ4v) is 3.82. The van der Waals surface area contributed by atoms with E-state index in [1.165, 1.54) is 38.5 Å². The standard InChI is InChI=1S/C20H39N5O2/c1-2-22-20(24-17-11-14-25(15-12-17)19(21)26)23-13-7-8-16-27-18-9-5-3-4-6-10-18/h17-18H,2-16H2,1H3,(H2,21,26)(H2,22,23,24). The lowest BCUT2D eigenvalue weighted by Crippen LogP contribution is -2.50. The van der Waals surface area contributed by atoms with Crippen molar-refractivity contribution in [2.24, 2.45) is 10.7 Å². The number of primary amides is 1. The number of guanidine groups is 1. The Balaban J connectivity index is 1.61. The fourth-order valence-electron chi connectivity index (χ4n) is 3.82. The molecule has 7 nitrogen and oxygen atoms in total. The van der Waals surface area contributed by atoms with E-state index in [0.717, 1.165) is 51.3 Å². The van der Waals surface area contributed by atoms with Crippen LogP contribution in [0.1, 0.15) is 71.1 Å². The van der Waals surface area contributed by atoms with Gasteiger partial charge in [-0.15, -0.1) is 0 Å². The number of nitrogens with one attached hydrogen (secondary N) is 2. The summed E-state index contributed by atoms with van der Waals surface area (Å²) in [7, 11) is 0. The molecule has 156 valence electrons. The van der Waals surface area contributed by atoms with Gasteiger partial charge in [-0.1, -0.05) is 25.7 Å². The topological polar surface area (TPSA) is 92.0 Å². The van der Waals surface area contributed by atoms with Crippen LogP contribution in [0.5, 0.6) is 0 Å². The first-order valence-corrected chi connectivity index (χ1v) is 10.9. The molecule has 0 spiro atoms. The van der Waals surface area contributed by atoms with Crippen LogP contribution < -0.4 is 16.4 Å². The molecule has 2 fully saturated rings. The maximum atomic E-state index is 11.2. The highest BCUT2D eigenvalue weighted by molar-refractivity contribution is 5.80. The number of ether oxygens (including phenoxy) is 1. The Morgan fingerprint density at radius 2 is 1.81 bits per heavy atom. The maximum Gasteiger partial charge on any atom is 0.314 e. The van der Waals surface area contributed by atoms with Gasteiger partial charge in [-0.25, -0.2) is 4.79 Å². The molecule has 0 bridgehead atoms. The van der Waals surface area contributed by atoms with E-state index < -0.39 is 0 Å². The second kappa shape index (κ2) is 12.8. The number of carbonyl (C=O) groups is 1. The molecule has 2 amide bonds. The number of piperidine rings is 1. The molecule has 0 unspecified atom stereocenters. The van der Waals surface area contributed by atoms with E-state index in [-0.39, 0.29) is 6.03 Å². The van der Waals surface area contributed by atoms with Gasteiger partial charge in [-0.2, -0.15) is 0 Å². The van der Waals surface area contributed by atoms with E-state index in [9.17, 15) is 4.79 Å². The number of likely N-dealkylation sites (tertiary alicyclic amines) is 1. The van der Waals surface area contributed by atoms with E-state index in [4.69, 9.17) is 15.5 Å².